The molecule has 2 aromatic carbocycles. The maximum Gasteiger partial charge on any atom is 0.273 e. The van der Waals surface area contributed by atoms with Gasteiger partial charge >= 0.3 is 0 Å². The van der Waals surface area contributed by atoms with E-state index < -0.39 is 23.2 Å². The molecule has 1 saturated carbocycles. The Bertz CT molecular complexity index is 1210. The number of hydrogen-bond donors (Lipinski definition) is 2. The molecular weight excluding hydrogens is 455 g/mol. The number of benzene rings is 2. The van der Waals surface area contributed by atoms with E-state index in [1.807, 2.05) is 58.0 Å². The Labute approximate surface area is 212 Å². The molecule has 1 aliphatic carbocycles. The first-order valence-electron chi connectivity index (χ1n) is 13.0. The fourth-order valence-corrected chi connectivity index (χ4v) is 5.10. The Kier molecular flexibility index (Phi) is 7.76. The average molecular weight is 493 g/mol. The minimum Gasteiger partial charge on any atom is -0.348 e. The molecule has 3 aromatic rings. The third kappa shape index (κ3) is 5.77. The van der Waals surface area contributed by atoms with Gasteiger partial charge in [-0.15, -0.1) is 0 Å². The van der Waals surface area contributed by atoms with Crippen molar-refractivity contribution >= 4 is 22.7 Å². The normalized spacial score (nSPS) is 16.5. The predicted molar refractivity (Wildman–Crippen MR) is 140 cm³/mol. The number of nitrogens with one attached hydrogen (secondary N) is 2. The molecule has 7 heteroatoms. The Hall–Kier alpha value is -3.22. The average Bonchev–Trinajstić information content (AvgIpc) is 3.22. The van der Waals surface area contributed by atoms with Gasteiger partial charge in [-0.05, 0) is 42.7 Å². The van der Waals surface area contributed by atoms with Gasteiger partial charge in [-0.3, -0.25) is 14.3 Å². The van der Waals surface area contributed by atoms with Gasteiger partial charge in [-0.2, -0.15) is 5.10 Å². The summed E-state index contributed by atoms with van der Waals surface area (Å²) in [6.45, 7) is 8.22. The van der Waals surface area contributed by atoms with Gasteiger partial charge in [0.1, 0.15) is 17.4 Å². The molecule has 0 aliphatic heterocycles. The number of amides is 2. The first kappa shape index (κ1) is 25.9. The number of fused-ring (bicyclic) bond motifs is 1. The van der Waals surface area contributed by atoms with Crippen LogP contribution in [0.4, 0.5) is 4.39 Å². The zero-order valence-corrected chi connectivity index (χ0v) is 21.7. The molecule has 36 heavy (non-hydrogen) atoms. The van der Waals surface area contributed by atoms with Crippen LogP contribution in [-0.4, -0.2) is 27.6 Å². The van der Waals surface area contributed by atoms with Crippen LogP contribution in [-0.2, 0) is 11.3 Å². The fraction of sp³-hybridized carbons (Fsp3) is 0.483. The number of carbonyl (C=O) groups is 2. The molecule has 1 heterocycles. The lowest BCUT2D eigenvalue weighted by Gasteiger charge is -2.31. The molecule has 1 fully saturated rings. The van der Waals surface area contributed by atoms with Crippen molar-refractivity contribution in [1.82, 2.24) is 20.4 Å². The van der Waals surface area contributed by atoms with E-state index in [0.717, 1.165) is 18.4 Å². The summed E-state index contributed by atoms with van der Waals surface area (Å²) < 4.78 is 16.6. The molecule has 2 unspecified atom stereocenters. The van der Waals surface area contributed by atoms with E-state index in [2.05, 4.69) is 15.7 Å². The second-order valence-corrected chi connectivity index (χ2v) is 11.1. The molecular formula is C29H37FN4O2. The van der Waals surface area contributed by atoms with Crippen LogP contribution < -0.4 is 10.6 Å². The molecule has 0 saturated heterocycles. The lowest BCUT2D eigenvalue weighted by Crippen LogP contribution is -2.54. The zero-order valence-electron chi connectivity index (χ0n) is 21.7. The summed E-state index contributed by atoms with van der Waals surface area (Å²) >= 11 is 0. The van der Waals surface area contributed by atoms with E-state index in [1.165, 1.54) is 25.3 Å². The van der Waals surface area contributed by atoms with E-state index in [1.54, 1.807) is 16.8 Å². The van der Waals surface area contributed by atoms with Gasteiger partial charge in [-0.25, -0.2) is 4.39 Å². The van der Waals surface area contributed by atoms with Crippen LogP contribution >= 0.6 is 0 Å². The first-order chi connectivity index (χ1) is 17.1. The molecule has 2 N–H and O–H groups in total. The molecule has 2 amide bonds. The quantitative estimate of drug-likeness (QED) is 0.439. The second-order valence-electron chi connectivity index (χ2n) is 11.1. The van der Waals surface area contributed by atoms with Gasteiger partial charge in [-0.1, -0.05) is 82.5 Å². The highest BCUT2D eigenvalue weighted by atomic mass is 19.1. The highest BCUT2D eigenvalue weighted by Gasteiger charge is 2.35. The zero-order chi connectivity index (χ0) is 25.9. The summed E-state index contributed by atoms with van der Waals surface area (Å²) in [6, 6.07) is 13.4. The van der Waals surface area contributed by atoms with Crippen molar-refractivity contribution in [3.63, 3.8) is 0 Å². The second kappa shape index (κ2) is 10.8. The van der Waals surface area contributed by atoms with Crippen molar-refractivity contribution in [2.75, 3.05) is 0 Å². The Balaban J connectivity index is 1.58. The van der Waals surface area contributed by atoms with E-state index in [0.29, 0.717) is 23.4 Å². The van der Waals surface area contributed by atoms with Gasteiger partial charge in [0.05, 0.1) is 6.04 Å². The van der Waals surface area contributed by atoms with Crippen molar-refractivity contribution in [1.29, 1.82) is 0 Å². The smallest absolute Gasteiger partial charge is 0.273 e. The van der Waals surface area contributed by atoms with Crippen LogP contribution in [0, 0.1) is 17.2 Å². The van der Waals surface area contributed by atoms with Gasteiger partial charge in [0.2, 0.25) is 5.91 Å². The van der Waals surface area contributed by atoms with Crippen molar-refractivity contribution in [3.05, 3.63) is 65.6 Å². The molecule has 0 bridgehead atoms. The Morgan fingerprint density at radius 1 is 1.03 bits per heavy atom. The van der Waals surface area contributed by atoms with E-state index >= 15 is 0 Å². The summed E-state index contributed by atoms with van der Waals surface area (Å²) in [6.07, 6.45) is 5.75. The first-order valence-corrected chi connectivity index (χ1v) is 13.0. The van der Waals surface area contributed by atoms with Crippen molar-refractivity contribution in [2.45, 2.75) is 78.4 Å². The topological polar surface area (TPSA) is 76.0 Å². The van der Waals surface area contributed by atoms with Crippen LogP contribution in [0.3, 0.4) is 0 Å². The Morgan fingerprint density at radius 2 is 1.72 bits per heavy atom. The summed E-state index contributed by atoms with van der Waals surface area (Å²) in [5.74, 6) is -0.721. The van der Waals surface area contributed by atoms with Crippen LogP contribution in [0.5, 0.6) is 0 Å². The number of aromatic nitrogens is 2. The Morgan fingerprint density at radius 3 is 2.39 bits per heavy atom. The van der Waals surface area contributed by atoms with Crippen LogP contribution in [0.25, 0.3) is 10.9 Å². The summed E-state index contributed by atoms with van der Waals surface area (Å²) in [5.41, 5.74) is 0.927. The monoisotopic (exact) mass is 492 g/mol. The summed E-state index contributed by atoms with van der Waals surface area (Å²) in [5, 5.41) is 11.0. The number of rotatable bonds is 7. The number of nitrogens with zero attached hydrogens (tertiary/aromatic N) is 2. The number of carbonyl (C=O) groups excluding carboxylic acids is 2. The molecule has 0 radical (unpaired) electrons. The maximum atomic E-state index is 14.9. The summed E-state index contributed by atoms with van der Waals surface area (Å²) in [4.78, 5) is 26.8. The highest BCUT2D eigenvalue weighted by molar-refractivity contribution is 6.06. The number of halogens is 1. The van der Waals surface area contributed by atoms with Crippen LogP contribution in [0.15, 0.2) is 48.5 Å². The van der Waals surface area contributed by atoms with E-state index in [4.69, 9.17) is 0 Å². The predicted octanol–water partition coefficient (Wildman–Crippen LogP) is 5.78. The minimum absolute atomic E-state index is 0.151. The molecule has 2 atom stereocenters. The van der Waals surface area contributed by atoms with Crippen LogP contribution in [0.1, 0.15) is 81.9 Å². The van der Waals surface area contributed by atoms with Crippen molar-refractivity contribution < 1.29 is 14.0 Å². The number of para-hydroxylation sites is 1. The minimum atomic E-state index is -0.803. The molecule has 1 aromatic heterocycles. The molecule has 192 valence electrons. The van der Waals surface area contributed by atoms with Gasteiger partial charge in [0, 0.05) is 11.9 Å². The molecule has 1 aliphatic rings. The van der Waals surface area contributed by atoms with Crippen molar-refractivity contribution in [2.24, 2.45) is 11.3 Å². The molecule has 0 spiro atoms. The van der Waals surface area contributed by atoms with Gasteiger partial charge in [0.25, 0.3) is 5.91 Å². The van der Waals surface area contributed by atoms with Gasteiger partial charge < -0.3 is 10.6 Å². The summed E-state index contributed by atoms with van der Waals surface area (Å²) in [7, 11) is 0. The third-order valence-electron chi connectivity index (χ3n) is 7.15. The van der Waals surface area contributed by atoms with Gasteiger partial charge in [0.15, 0.2) is 5.69 Å². The largest absolute Gasteiger partial charge is 0.348 e. The number of hydrogen-bond acceptors (Lipinski definition) is 3. The standard InChI is InChI=1S/C29H37FN4O2/c1-19(21-14-9-6-10-15-21)31-28(36)26(29(2,3)4)32-27(35)24-22-16-11-17-23(30)25(22)34(33-24)18-20-12-7-5-8-13-20/h6,9-11,14-17,19-20,26H,5,7-8,12-13,18H2,1-4H3,(H,31,36)(H,32,35). The fourth-order valence-electron chi connectivity index (χ4n) is 5.10. The molecule has 4 rings (SSSR count). The van der Waals surface area contributed by atoms with Crippen molar-refractivity contribution in [3.8, 4) is 0 Å². The SMILES string of the molecule is CC(NC(=O)C(NC(=O)c1nn(CC2CCCCC2)c2c(F)cccc12)C(C)(C)C)c1ccccc1. The van der Waals surface area contributed by atoms with Crippen LogP contribution in [0.2, 0.25) is 0 Å². The lowest BCUT2D eigenvalue weighted by molar-refractivity contribution is -0.126. The highest BCUT2D eigenvalue weighted by Crippen LogP contribution is 2.29. The lowest BCUT2D eigenvalue weighted by atomic mass is 9.85. The maximum absolute atomic E-state index is 14.9. The van der Waals surface area contributed by atoms with E-state index in [9.17, 15) is 14.0 Å². The van der Waals surface area contributed by atoms with E-state index in [-0.39, 0.29) is 17.6 Å². The third-order valence-corrected chi connectivity index (χ3v) is 7.15. The molecule has 6 nitrogen and oxygen atoms in total.